The molecule has 0 amide bonds. The maximum absolute atomic E-state index is 12.9. The number of benzene rings is 1. The van der Waals surface area contributed by atoms with Gasteiger partial charge in [0.1, 0.15) is 11.4 Å². The Hall–Kier alpha value is -2.62. The zero-order valence-electron chi connectivity index (χ0n) is 13.5. The SMILES string of the molecule is CCCn1c(=O)c(-c2cccc(OCC)c2)cc2cccnc21. The summed E-state index contributed by atoms with van der Waals surface area (Å²) in [6, 6.07) is 13.5. The van der Waals surface area contributed by atoms with Crippen LogP contribution in [-0.4, -0.2) is 16.2 Å². The summed E-state index contributed by atoms with van der Waals surface area (Å²) in [5, 5.41) is 0.970. The topological polar surface area (TPSA) is 44.1 Å². The molecule has 2 heterocycles. The van der Waals surface area contributed by atoms with Gasteiger partial charge in [0.15, 0.2) is 0 Å². The molecule has 0 bridgehead atoms. The lowest BCUT2D eigenvalue weighted by Crippen LogP contribution is -2.22. The predicted molar refractivity (Wildman–Crippen MR) is 92.9 cm³/mol. The number of aromatic nitrogens is 2. The Labute approximate surface area is 135 Å². The minimum atomic E-state index is -0.00769. The second kappa shape index (κ2) is 6.65. The van der Waals surface area contributed by atoms with Crippen molar-refractivity contribution in [2.75, 3.05) is 6.61 Å². The lowest BCUT2D eigenvalue weighted by molar-refractivity contribution is 0.340. The minimum absolute atomic E-state index is 0.00769. The molecule has 4 nitrogen and oxygen atoms in total. The van der Waals surface area contributed by atoms with Gasteiger partial charge in [0, 0.05) is 23.7 Å². The summed E-state index contributed by atoms with van der Waals surface area (Å²) < 4.78 is 7.31. The highest BCUT2D eigenvalue weighted by molar-refractivity contribution is 5.81. The average molecular weight is 308 g/mol. The van der Waals surface area contributed by atoms with Crippen LogP contribution < -0.4 is 10.3 Å². The largest absolute Gasteiger partial charge is 0.494 e. The monoisotopic (exact) mass is 308 g/mol. The fourth-order valence-corrected chi connectivity index (χ4v) is 2.76. The van der Waals surface area contributed by atoms with Gasteiger partial charge >= 0.3 is 0 Å². The number of ether oxygens (including phenoxy) is 1. The lowest BCUT2D eigenvalue weighted by Gasteiger charge is -2.12. The molecule has 0 saturated heterocycles. The molecule has 0 N–H and O–H groups in total. The number of hydrogen-bond donors (Lipinski definition) is 0. The van der Waals surface area contributed by atoms with E-state index in [0.717, 1.165) is 28.8 Å². The third kappa shape index (κ3) is 2.97. The zero-order valence-corrected chi connectivity index (χ0v) is 13.5. The second-order valence-corrected chi connectivity index (χ2v) is 5.39. The molecule has 0 aliphatic rings. The van der Waals surface area contributed by atoms with Crippen molar-refractivity contribution in [1.82, 2.24) is 9.55 Å². The number of aryl methyl sites for hydroxylation is 1. The Morgan fingerprint density at radius 3 is 2.78 bits per heavy atom. The number of fused-ring (bicyclic) bond motifs is 1. The molecule has 1 aromatic carbocycles. The zero-order chi connectivity index (χ0) is 16.2. The van der Waals surface area contributed by atoms with E-state index in [0.29, 0.717) is 18.7 Å². The van der Waals surface area contributed by atoms with Gasteiger partial charge in [0.05, 0.1) is 6.61 Å². The molecule has 4 heteroatoms. The van der Waals surface area contributed by atoms with Gasteiger partial charge in [-0.15, -0.1) is 0 Å². The van der Waals surface area contributed by atoms with Crippen molar-refractivity contribution in [2.24, 2.45) is 0 Å². The number of pyridine rings is 2. The molecular formula is C19H20N2O2. The summed E-state index contributed by atoms with van der Waals surface area (Å²) in [5.74, 6) is 0.776. The Balaban J connectivity index is 2.23. The van der Waals surface area contributed by atoms with Crippen molar-refractivity contribution < 1.29 is 4.74 Å². The molecule has 23 heavy (non-hydrogen) atoms. The van der Waals surface area contributed by atoms with Gasteiger partial charge in [-0.2, -0.15) is 0 Å². The smallest absolute Gasteiger partial charge is 0.260 e. The Bertz CT molecular complexity index is 884. The summed E-state index contributed by atoms with van der Waals surface area (Å²) in [6.07, 6.45) is 2.61. The van der Waals surface area contributed by atoms with Crippen molar-refractivity contribution in [3.8, 4) is 16.9 Å². The summed E-state index contributed by atoms with van der Waals surface area (Å²) in [7, 11) is 0. The van der Waals surface area contributed by atoms with Crippen LogP contribution in [0.3, 0.4) is 0 Å². The average Bonchev–Trinajstić information content (AvgIpc) is 2.58. The maximum atomic E-state index is 12.9. The molecule has 0 saturated carbocycles. The summed E-state index contributed by atoms with van der Waals surface area (Å²) in [4.78, 5) is 17.3. The molecule has 3 aromatic rings. The van der Waals surface area contributed by atoms with Crippen LogP contribution in [0.2, 0.25) is 0 Å². The molecular weight excluding hydrogens is 288 g/mol. The summed E-state index contributed by atoms with van der Waals surface area (Å²) >= 11 is 0. The predicted octanol–water partition coefficient (Wildman–Crippen LogP) is 3.87. The summed E-state index contributed by atoms with van der Waals surface area (Å²) in [5.41, 5.74) is 2.29. The molecule has 0 aliphatic heterocycles. The van der Waals surface area contributed by atoms with E-state index in [1.807, 2.05) is 49.4 Å². The molecule has 0 unspecified atom stereocenters. The van der Waals surface area contributed by atoms with Crippen LogP contribution in [0.5, 0.6) is 5.75 Å². The Morgan fingerprint density at radius 2 is 2.00 bits per heavy atom. The van der Waals surface area contributed by atoms with E-state index < -0.39 is 0 Å². The first kappa shape index (κ1) is 15.3. The van der Waals surface area contributed by atoms with Crippen molar-refractivity contribution in [1.29, 1.82) is 0 Å². The third-order valence-corrected chi connectivity index (χ3v) is 3.75. The molecule has 0 atom stereocenters. The van der Waals surface area contributed by atoms with Gasteiger partial charge in [-0.1, -0.05) is 19.1 Å². The van der Waals surface area contributed by atoms with E-state index in [4.69, 9.17) is 4.74 Å². The molecule has 118 valence electrons. The quantitative estimate of drug-likeness (QED) is 0.718. The van der Waals surface area contributed by atoms with Crippen LogP contribution in [0.1, 0.15) is 20.3 Å². The van der Waals surface area contributed by atoms with Gasteiger partial charge in [0.2, 0.25) is 0 Å². The van der Waals surface area contributed by atoms with Crippen LogP contribution >= 0.6 is 0 Å². The van der Waals surface area contributed by atoms with Crippen LogP contribution in [0.4, 0.5) is 0 Å². The van der Waals surface area contributed by atoms with Crippen molar-refractivity contribution >= 4 is 11.0 Å². The number of nitrogens with zero attached hydrogens (tertiary/aromatic N) is 2. The molecule has 3 rings (SSSR count). The van der Waals surface area contributed by atoms with Crippen LogP contribution in [-0.2, 0) is 6.54 Å². The van der Waals surface area contributed by atoms with Crippen molar-refractivity contribution in [3.63, 3.8) is 0 Å². The fourth-order valence-electron chi connectivity index (χ4n) is 2.76. The van der Waals surface area contributed by atoms with E-state index >= 15 is 0 Å². The van der Waals surface area contributed by atoms with E-state index in [-0.39, 0.29) is 5.56 Å². The number of rotatable bonds is 5. The van der Waals surface area contributed by atoms with E-state index in [9.17, 15) is 4.79 Å². The molecule has 0 aliphatic carbocycles. The summed E-state index contributed by atoms with van der Waals surface area (Å²) in [6.45, 7) is 5.27. The molecule has 2 aromatic heterocycles. The minimum Gasteiger partial charge on any atom is -0.494 e. The Morgan fingerprint density at radius 1 is 1.13 bits per heavy atom. The molecule has 0 spiro atoms. The van der Waals surface area contributed by atoms with Gasteiger partial charge < -0.3 is 4.74 Å². The molecule has 0 radical (unpaired) electrons. The fraction of sp³-hybridized carbons (Fsp3) is 0.263. The first-order valence-electron chi connectivity index (χ1n) is 7.96. The first-order chi connectivity index (χ1) is 11.2. The number of hydrogen-bond acceptors (Lipinski definition) is 3. The highest BCUT2D eigenvalue weighted by atomic mass is 16.5. The van der Waals surface area contributed by atoms with Gasteiger partial charge in [-0.3, -0.25) is 9.36 Å². The van der Waals surface area contributed by atoms with Crippen LogP contribution in [0.15, 0.2) is 53.5 Å². The van der Waals surface area contributed by atoms with E-state index in [1.165, 1.54) is 0 Å². The lowest BCUT2D eigenvalue weighted by atomic mass is 10.1. The van der Waals surface area contributed by atoms with Crippen molar-refractivity contribution in [2.45, 2.75) is 26.8 Å². The van der Waals surface area contributed by atoms with Gasteiger partial charge in [0.25, 0.3) is 5.56 Å². The van der Waals surface area contributed by atoms with E-state index in [1.54, 1.807) is 10.8 Å². The maximum Gasteiger partial charge on any atom is 0.260 e. The molecule has 0 fully saturated rings. The highest BCUT2D eigenvalue weighted by Gasteiger charge is 2.12. The van der Waals surface area contributed by atoms with Gasteiger partial charge in [-0.25, -0.2) is 4.98 Å². The second-order valence-electron chi connectivity index (χ2n) is 5.39. The van der Waals surface area contributed by atoms with Crippen LogP contribution in [0, 0.1) is 0 Å². The van der Waals surface area contributed by atoms with Crippen LogP contribution in [0.25, 0.3) is 22.2 Å². The third-order valence-electron chi connectivity index (χ3n) is 3.75. The normalized spacial score (nSPS) is 10.9. The Kier molecular flexibility index (Phi) is 4.42. The van der Waals surface area contributed by atoms with Crippen molar-refractivity contribution in [3.05, 3.63) is 59.0 Å². The van der Waals surface area contributed by atoms with Gasteiger partial charge in [-0.05, 0) is 49.2 Å². The standard InChI is InChI=1S/C19H20N2O2/c1-3-11-21-18-15(8-6-10-20-18)13-17(19(21)22)14-7-5-9-16(12-14)23-4-2/h5-10,12-13H,3-4,11H2,1-2H3. The first-order valence-corrected chi connectivity index (χ1v) is 7.96. The van der Waals surface area contributed by atoms with E-state index in [2.05, 4.69) is 11.9 Å². The highest BCUT2D eigenvalue weighted by Crippen LogP contribution is 2.24.